The lowest BCUT2D eigenvalue weighted by Crippen LogP contribution is -2.26. The Hall–Kier alpha value is -3.15. The molecule has 0 amide bonds. The van der Waals surface area contributed by atoms with Crippen molar-refractivity contribution in [2.45, 2.75) is 51.9 Å². The van der Waals surface area contributed by atoms with Gasteiger partial charge in [-0.1, -0.05) is 55.0 Å². The molecule has 0 aromatic heterocycles. The van der Waals surface area contributed by atoms with Crippen molar-refractivity contribution < 1.29 is 27.1 Å². The van der Waals surface area contributed by atoms with Gasteiger partial charge in [-0.15, -0.1) is 0 Å². The predicted molar refractivity (Wildman–Crippen MR) is 123 cm³/mol. The summed E-state index contributed by atoms with van der Waals surface area (Å²) in [5.74, 6) is -5.73. The molecule has 178 valence electrons. The van der Waals surface area contributed by atoms with E-state index in [0.717, 1.165) is 5.56 Å². The molecule has 1 aliphatic rings. The molecule has 0 atom stereocenters. The van der Waals surface area contributed by atoms with E-state index in [9.17, 15) is 22.4 Å². The van der Waals surface area contributed by atoms with E-state index in [-0.39, 0.29) is 17.0 Å². The predicted octanol–water partition coefficient (Wildman–Crippen LogP) is 7.66. The summed E-state index contributed by atoms with van der Waals surface area (Å²) in [7, 11) is 0. The fourth-order valence-electron chi connectivity index (χ4n) is 4.59. The Morgan fingerprint density at radius 1 is 0.824 bits per heavy atom. The van der Waals surface area contributed by atoms with Crippen LogP contribution in [0.4, 0.5) is 17.6 Å². The molecule has 4 rings (SSSR count). The van der Waals surface area contributed by atoms with Crippen molar-refractivity contribution in [3.05, 3.63) is 88.5 Å². The normalized spacial score (nSPS) is 18.1. The maximum Gasteiger partial charge on any atom is 0.314 e. The summed E-state index contributed by atoms with van der Waals surface area (Å²) in [4.78, 5) is 12.5. The van der Waals surface area contributed by atoms with Gasteiger partial charge in [0.2, 0.25) is 5.82 Å². The minimum absolute atomic E-state index is 0.209. The number of esters is 1. The average molecular weight is 471 g/mol. The summed E-state index contributed by atoms with van der Waals surface area (Å²) >= 11 is 0. The van der Waals surface area contributed by atoms with Gasteiger partial charge < -0.3 is 4.74 Å². The molecule has 34 heavy (non-hydrogen) atoms. The number of aryl methyl sites for hydroxylation is 2. The highest BCUT2D eigenvalue weighted by Crippen LogP contribution is 2.39. The Kier molecular flexibility index (Phi) is 7.05. The number of benzene rings is 3. The third kappa shape index (κ3) is 4.72. The highest BCUT2D eigenvalue weighted by molar-refractivity contribution is 5.75. The number of carbonyl (C=O) groups excluding carboxylic acids is 1. The monoisotopic (exact) mass is 470 g/mol. The minimum Gasteiger partial charge on any atom is -0.423 e. The molecule has 0 N–H and O–H groups in total. The van der Waals surface area contributed by atoms with Crippen LogP contribution in [-0.4, -0.2) is 5.97 Å². The molecule has 0 spiro atoms. The van der Waals surface area contributed by atoms with Gasteiger partial charge in [-0.25, -0.2) is 13.2 Å². The maximum atomic E-state index is 15.0. The summed E-state index contributed by atoms with van der Waals surface area (Å²) < 4.78 is 63.1. The highest BCUT2D eigenvalue weighted by Gasteiger charge is 2.31. The number of carbonyl (C=O) groups is 1. The van der Waals surface area contributed by atoms with E-state index in [4.69, 9.17) is 4.74 Å². The van der Waals surface area contributed by atoms with Crippen LogP contribution < -0.4 is 4.74 Å². The zero-order valence-corrected chi connectivity index (χ0v) is 19.1. The third-order valence-electron chi connectivity index (χ3n) is 6.69. The van der Waals surface area contributed by atoms with E-state index in [1.807, 2.05) is 19.1 Å². The fraction of sp³-hybridized carbons (Fsp3) is 0.321. The zero-order chi connectivity index (χ0) is 24.4. The molecule has 1 aliphatic carbocycles. The molecule has 2 nitrogen and oxygen atoms in total. The first-order chi connectivity index (χ1) is 16.3. The van der Waals surface area contributed by atoms with Crippen LogP contribution in [0, 0.1) is 36.1 Å². The maximum absolute atomic E-state index is 15.0. The molecule has 0 unspecified atom stereocenters. The lowest BCUT2D eigenvalue weighted by Gasteiger charge is -2.28. The Labute approximate surface area is 196 Å². The third-order valence-corrected chi connectivity index (χ3v) is 6.69. The number of halogens is 4. The van der Waals surface area contributed by atoms with E-state index in [2.05, 4.69) is 0 Å². The quantitative estimate of drug-likeness (QED) is 0.217. The fourth-order valence-corrected chi connectivity index (χ4v) is 4.59. The molecular weight excluding hydrogens is 444 g/mol. The molecular formula is C28H26F4O2. The first-order valence-corrected chi connectivity index (χ1v) is 11.5. The summed E-state index contributed by atoms with van der Waals surface area (Å²) in [6.45, 7) is 3.62. The van der Waals surface area contributed by atoms with Crippen LogP contribution in [0.2, 0.25) is 0 Å². The van der Waals surface area contributed by atoms with Gasteiger partial charge >= 0.3 is 5.97 Å². The Bertz CT molecular complexity index is 1200. The topological polar surface area (TPSA) is 26.3 Å². The van der Waals surface area contributed by atoms with E-state index in [1.165, 1.54) is 12.1 Å². The summed E-state index contributed by atoms with van der Waals surface area (Å²) in [6.07, 6.45) is 2.03. The first-order valence-electron chi connectivity index (χ1n) is 11.5. The van der Waals surface area contributed by atoms with Gasteiger partial charge in [0.25, 0.3) is 0 Å². The van der Waals surface area contributed by atoms with Gasteiger partial charge in [0.1, 0.15) is 0 Å². The molecule has 0 aliphatic heterocycles. The van der Waals surface area contributed by atoms with Gasteiger partial charge in [0, 0.05) is 5.56 Å². The van der Waals surface area contributed by atoms with Crippen molar-refractivity contribution >= 4 is 5.97 Å². The van der Waals surface area contributed by atoms with Crippen LogP contribution >= 0.6 is 0 Å². The van der Waals surface area contributed by atoms with Gasteiger partial charge in [0.15, 0.2) is 23.2 Å². The Morgan fingerprint density at radius 2 is 1.50 bits per heavy atom. The molecule has 0 saturated heterocycles. The van der Waals surface area contributed by atoms with Crippen molar-refractivity contribution in [1.29, 1.82) is 0 Å². The molecule has 6 heteroatoms. The van der Waals surface area contributed by atoms with E-state index in [1.54, 1.807) is 31.2 Å². The smallest absolute Gasteiger partial charge is 0.314 e. The second-order valence-corrected chi connectivity index (χ2v) is 8.87. The van der Waals surface area contributed by atoms with Crippen LogP contribution in [-0.2, 0) is 11.2 Å². The van der Waals surface area contributed by atoms with Gasteiger partial charge in [-0.2, -0.15) is 4.39 Å². The largest absolute Gasteiger partial charge is 0.423 e. The lowest BCUT2D eigenvalue weighted by molar-refractivity contribution is -0.140. The molecule has 3 aromatic rings. The SMILES string of the molecule is CCc1ccc(OC(=O)C2CCC(c3ccc(-c4ccc(C)cc4)c(F)c3F)CC2)c(F)c1F. The van der Waals surface area contributed by atoms with Crippen LogP contribution in [0.15, 0.2) is 48.5 Å². The second-order valence-electron chi connectivity index (χ2n) is 8.87. The summed E-state index contributed by atoms with van der Waals surface area (Å²) in [5, 5.41) is 0. The Morgan fingerprint density at radius 3 is 2.15 bits per heavy atom. The molecule has 0 radical (unpaired) electrons. The molecule has 1 saturated carbocycles. The number of rotatable bonds is 5. The standard InChI is InChI=1S/C28H26F4O2/c1-3-17-12-15-23(27(32)24(17)29)34-28(33)20-10-8-19(9-11-20)22-14-13-21(25(30)26(22)31)18-6-4-16(2)5-7-18/h4-7,12-15,19-20H,3,8-11H2,1-2H3. The number of hydrogen-bond donors (Lipinski definition) is 0. The van der Waals surface area contributed by atoms with Crippen LogP contribution in [0.1, 0.15) is 55.2 Å². The first kappa shape index (κ1) is 24.0. The molecule has 3 aromatic carbocycles. The Balaban J connectivity index is 1.43. The summed E-state index contributed by atoms with van der Waals surface area (Å²) in [6, 6.07) is 13.1. The number of hydrogen-bond acceptors (Lipinski definition) is 2. The zero-order valence-electron chi connectivity index (χ0n) is 19.1. The van der Waals surface area contributed by atoms with Crippen molar-refractivity contribution in [2.24, 2.45) is 5.92 Å². The van der Waals surface area contributed by atoms with Crippen LogP contribution in [0.25, 0.3) is 11.1 Å². The van der Waals surface area contributed by atoms with E-state index < -0.39 is 40.9 Å². The minimum atomic E-state index is -1.17. The average Bonchev–Trinajstić information content (AvgIpc) is 2.84. The van der Waals surface area contributed by atoms with Crippen molar-refractivity contribution in [3.63, 3.8) is 0 Å². The van der Waals surface area contributed by atoms with Gasteiger partial charge in [-0.3, -0.25) is 4.79 Å². The highest BCUT2D eigenvalue weighted by atomic mass is 19.2. The lowest BCUT2D eigenvalue weighted by atomic mass is 9.78. The van der Waals surface area contributed by atoms with Crippen LogP contribution in [0.3, 0.4) is 0 Å². The van der Waals surface area contributed by atoms with Gasteiger partial charge in [-0.05, 0) is 67.7 Å². The second kappa shape index (κ2) is 10.00. The van der Waals surface area contributed by atoms with Crippen LogP contribution in [0.5, 0.6) is 5.75 Å². The van der Waals surface area contributed by atoms with E-state index >= 15 is 0 Å². The van der Waals surface area contributed by atoms with Crippen molar-refractivity contribution in [3.8, 4) is 16.9 Å². The number of ether oxygens (including phenoxy) is 1. The van der Waals surface area contributed by atoms with E-state index in [0.29, 0.717) is 43.2 Å². The summed E-state index contributed by atoms with van der Waals surface area (Å²) in [5.41, 5.74) is 2.35. The van der Waals surface area contributed by atoms with Crippen molar-refractivity contribution in [2.75, 3.05) is 0 Å². The molecule has 1 fully saturated rings. The molecule has 0 bridgehead atoms. The van der Waals surface area contributed by atoms with Crippen molar-refractivity contribution in [1.82, 2.24) is 0 Å². The van der Waals surface area contributed by atoms with Gasteiger partial charge in [0.05, 0.1) is 5.92 Å². The molecule has 0 heterocycles.